The zero-order valence-electron chi connectivity index (χ0n) is 14.1. The van der Waals surface area contributed by atoms with Crippen molar-refractivity contribution in [3.63, 3.8) is 0 Å². The highest BCUT2D eigenvalue weighted by Gasteiger charge is 2.48. The van der Waals surface area contributed by atoms with Crippen LogP contribution in [-0.2, 0) is 16.1 Å². The molecular weight excluding hydrogens is 358 g/mol. The average Bonchev–Trinajstić information content (AvgIpc) is 3.32. The van der Waals surface area contributed by atoms with Gasteiger partial charge in [-0.3, -0.25) is 9.59 Å². The van der Waals surface area contributed by atoms with E-state index in [-0.39, 0.29) is 18.4 Å². The molecule has 1 saturated carbocycles. The molecule has 2 aromatic rings. The van der Waals surface area contributed by atoms with Gasteiger partial charge in [-0.1, -0.05) is 6.07 Å². The Morgan fingerprint density at radius 1 is 1.00 bits per heavy atom. The lowest BCUT2D eigenvalue weighted by molar-refractivity contribution is -0.125. The molecule has 0 aromatic heterocycles. The summed E-state index contributed by atoms with van der Waals surface area (Å²) in [6, 6.07) is 8.28. The number of halogens is 2. The van der Waals surface area contributed by atoms with E-state index < -0.39 is 29.4 Å². The molecule has 27 heavy (non-hydrogen) atoms. The van der Waals surface area contributed by atoms with Gasteiger partial charge in [0.1, 0.15) is 11.6 Å². The molecule has 1 fully saturated rings. The maximum atomic E-state index is 13.6. The van der Waals surface area contributed by atoms with Crippen LogP contribution in [0.2, 0.25) is 0 Å². The fourth-order valence-corrected chi connectivity index (χ4v) is 2.96. The van der Waals surface area contributed by atoms with Crippen molar-refractivity contribution in [2.75, 3.05) is 12.1 Å². The van der Waals surface area contributed by atoms with Crippen molar-refractivity contribution < 1.29 is 27.8 Å². The molecular formula is C19H16F2N2O4. The lowest BCUT2D eigenvalue weighted by atomic mass is 10.2. The summed E-state index contributed by atoms with van der Waals surface area (Å²) >= 11 is 0. The number of hydrogen-bond acceptors (Lipinski definition) is 4. The first-order valence-electron chi connectivity index (χ1n) is 8.43. The van der Waals surface area contributed by atoms with Gasteiger partial charge < -0.3 is 20.1 Å². The summed E-state index contributed by atoms with van der Waals surface area (Å²) in [6.07, 6.45) is 0.390. The van der Waals surface area contributed by atoms with Gasteiger partial charge in [-0.15, -0.1) is 0 Å². The second-order valence-electron chi connectivity index (χ2n) is 6.47. The molecule has 0 spiro atoms. The maximum Gasteiger partial charge on any atom is 0.231 e. The molecule has 1 aliphatic carbocycles. The minimum atomic E-state index is -0.854. The Balaban J connectivity index is 1.29. The fourth-order valence-electron chi connectivity index (χ4n) is 2.96. The van der Waals surface area contributed by atoms with E-state index in [1.807, 2.05) is 6.07 Å². The lowest BCUT2D eigenvalue weighted by Gasteiger charge is -2.07. The third kappa shape index (κ3) is 3.69. The van der Waals surface area contributed by atoms with Crippen LogP contribution in [0.4, 0.5) is 14.5 Å². The van der Waals surface area contributed by atoms with E-state index in [0.29, 0.717) is 30.5 Å². The standard InChI is InChI=1S/C19H16F2N2O4/c20-11-2-3-15(14(21)6-11)23-19(25)13-7-12(13)18(24)22-8-10-1-4-16-17(5-10)27-9-26-16/h1-6,12-13H,7-9H2,(H,22,24)(H,23,25). The number of rotatable bonds is 5. The zero-order valence-corrected chi connectivity index (χ0v) is 14.1. The van der Waals surface area contributed by atoms with Crippen LogP contribution in [0, 0.1) is 23.5 Å². The van der Waals surface area contributed by atoms with Crippen LogP contribution < -0.4 is 20.1 Å². The van der Waals surface area contributed by atoms with Crippen LogP contribution in [0.5, 0.6) is 11.5 Å². The first-order valence-corrected chi connectivity index (χ1v) is 8.43. The van der Waals surface area contributed by atoms with Gasteiger partial charge in [0.2, 0.25) is 18.6 Å². The SMILES string of the molecule is O=C(NCc1ccc2c(c1)OCO2)C1CC1C(=O)Nc1ccc(F)cc1F. The third-order valence-corrected chi connectivity index (χ3v) is 4.56. The molecule has 2 N–H and O–H groups in total. The van der Waals surface area contributed by atoms with E-state index >= 15 is 0 Å². The van der Waals surface area contributed by atoms with Crippen LogP contribution >= 0.6 is 0 Å². The molecule has 1 heterocycles. The molecule has 2 amide bonds. The van der Waals surface area contributed by atoms with Gasteiger partial charge in [-0.05, 0) is 36.2 Å². The van der Waals surface area contributed by atoms with Crippen LogP contribution in [0.15, 0.2) is 36.4 Å². The number of nitrogens with one attached hydrogen (secondary N) is 2. The normalized spacial score (nSPS) is 19.5. The summed E-state index contributed by atoms with van der Waals surface area (Å²) in [7, 11) is 0. The molecule has 0 radical (unpaired) electrons. The molecule has 2 unspecified atom stereocenters. The minimum absolute atomic E-state index is 0.104. The van der Waals surface area contributed by atoms with E-state index in [1.54, 1.807) is 12.1 Å². The Bertz CT molecular complexity index is 919. The fraction of sp³-hybridized carbons (Fsp3) is 0.263. The highest BCUT2D eigenvalue weighted by molar-refractivity contribution is 5.99. The summed E-state index contributed by atoms with van der Waals surface area (Å²) in [4.78, 5) is 24.4. The molecule has 140 valence electrons. The molecule has 2 aliphatic rings. The monoisotopic (exact) mass is 374 g/mol. The van der Waals surface area contributed by atoms with Crippen LogP contribution in [0.1, 0.15) is 12.0 Å². The number of benzene rings is 2. The molecule has 6 nitrogen and oxygen atoms in total. The van der Waals surface area contributed by atoms with Crippen molar-refractivity contribution in [2.24, 2.45) is 11.8 Å². The summed E-state index contributed by atoms with van der Waals surface area (Å²) in [5.74, 6) is -1.96. The first-order chi connectivity index (χ1) is 13.0. The lowest BCUT2D eigenvalue weighted by Crippen LogP contribution is -2.27. The molecule has 0 saturated heterocycles. The minimum Gasteiger partial charge on any atom is -0.454 e. The molecule has 2 aromatic carbocycles. The van der Waals surface area contributed by atoms with Gasteiger partial charge in [0.25, 0.3) is 0 Å². The van der Waals surface area contributed by atoms with Gasteiger partial charge in [0.15, 0.2) is 11.5 Å². The quantitative estimate of drug-likeness (QED) is 0.844. The van der Waals surface area contributed by atoms with Gasteiger partial charge in [0.05, 0.1) is 17.5 Å². The van der Waals surface area contributed by atoms with Crippen molar-refractivity contribution in [3.05, 3.63) is 53.6 Å². The van der Waals surface area contributed by atoms with Gasteiger partial charge in [-0.25, -0.2) is 8.78 Å². The van der Waals surface area contributed by atoms with E-state index in [0.717, 1.165) is 17.7 Å². The van der Waals surface area contributed by atoms with Crippen LogP contribution in [0.25, 0.3) is 0 Å². The van der Waals surface area contributed by atoms with Crippen molar-refractivity contribution in [2.45, 2.75) is 13.0 Å². The largest absolute Gasteiger partial charge is 0.454 e. The number of anilines is 1. The molecule has 8 heteroatoms. The van der Waals surface area contributed by atoms with E-state index in [1.165, 1.54) is 0 Å². The molecule has 4 rings (SSSR count). The molecule has 1 aliphatic heterocycles. The number of ether oxygens (including phenoxy) is 2. The first kappa shape index (κ1) is 17.3. The Labute approximate surface area is 153 Å². The highest BCUT2D eigenvalue weighted by Crippen LogP contribution is 2.40. The van der Waals surface area contributed by atoms with Crippen LogP contribution in [-0.4, -0.2) is 18.6 Å². The third-order valence-electron chi connectivity index (χ3n) is 4.56. The highest BCUT2D eigenvalue weighted by atomic mass is 19.1. The summed E-state index contributed by atoms with van der Waals surface area (Å²) < 4.78 is 37.0. The Kier molecular flexibility index (Phi) is 4.39. The Morgan fingerprint density at radius 2 is 1.78 bits per heavy atom. The molecule has 0 bridgehead atoms. The van der Waals surface area contributed by atoms with E-state index in [9.17, 15) is 18.4 Å². The number of carbonyl (C=O) groups is 2. The summed E-state index contributed by atoms with van der Waals surface area (Å²) in [5, 5.41) is 5.18. The van der Waals surface area contributed by atoms with Crippen LogP contribution in [0.3, 0.4) is 0 Å². The number of hydrogen-bond donors (Lipinski definition) is 2. The topological polar surface area (TPSA) is 76.7 Å². The Morgan fingerprint density at radius 3 is 2.59 bits per heavy atom. The summed E-state index contributed by atoms with van der Waals surface area (Å²) in [6.45, 7) is 0.478. The Hall–Kier alpha value is -3.16. The van der Waals surface area contributed by atoms with Crippen molar-refractivity contribution in [3.8, 4) is 11.5 Å². The predicted molar refractivity (Wildman–Crippen MR) is 91.0 cm³/mol. The average molecular weight is 374 g/mol. The maximum absolute atomic E-state index is 13.6. The van der Waals surface area contributed by atoms with Crippen molar-refractivity contribution in [1.82, 2.24) is 5.32 Å². The van der Waals surface area contributed by atoms with Crippen molar-refractivity contribution in [1.29, 1.82) is 0 Å². The van der Waals surface area contributed by atoms with E-state index in [2.05, 4.69) is 10.6 Å². The second kappa shape index (κ2) is 6.86. The zero-order chi connectivity index (χ0) is 19.0. The number of amides is 2. The molecule has 2 atom stereocenters. The smallest absolute Gasteiger partial charge is 0.231 e. The number of fused-ring (bicyclic) bond motifs is 1. The summed E-state index contributed by atoms with van der Waals surface area (Å²) in [5.41, 5.74) is 0.746. The number of carbonyl (C=O) groups excluding carboxylic acids is 2. The second-order valence-corrected chi connectivity index (χ2v) is 6.47. The van der Waals surface area contributed by atoms with Gasteiger partial charge in [-0.2, -0.15) is 0 Å². The van der Waals surface area contributed by atoms with E-state index in [4.69, 9.17) is 9.47 Å². The van der Waals surface area contributed by atoms with Gasteiger partial charge >= 0.3 is 0 Å². The predicted octanol–water partition coefficient (Wildman–Crippen LogP) is 2.58. The van der Waals surface area contributed by atoms with Gasteiger partial charge in [0, 0.05) is 12.6 Å². The van der Waals surface area contributed by atoms with Crippen molar-refractivity contribution >= 4 is 17.5 Å².